The molecule has 3 rings (SSSR count). The van der Waals surface area contributed by atoms with Crippen LogP contribution < -0.4 is 0 Å². The van der Waals surface area contributed by atoms with Crippen molar-refractivity contribution in [3.63, 3.8) is 0 Å². The van der Waals surface area contributed by atoms with Crippen LogP contribution in [0.25, 0.3) is 0 Å². The van der Waals surface area contributed by atoms with E-state index in [0.717, 1.165) is 25.2 Å². The normalized spacial score (nSPS) is 25.9. The first-order valence-electron chi connectivity index (χ1n) is 7.61. The highest BCUT2D eigenvalue weighted by molar-refractivity contribution is 5.81. The molecule has 0 radical (unpaired) electrons. The third-order valence-electron chi connectivity index (χ3n) is 4.75. The smallest absolute Gasteiger partial charge is 0.134 e. The Bertz CT molecular complexity index is 420. The molecular weight excluding hydrogens is 234 g/mol. The van der Waals surface area contributed by atoms with Gasteiger partial charge in [-0.1, -0.05) is 30.3 Å². The largest absolute Gasteiger partial charge is 0.300 e. The van der Waals surface area contributed by atoms with Crippen LogP contribution >= 0.6 is 0 Å². The summed E-state index contributed by atoms with van der Waals surface area (Å²) in [5.41, 5.74) is 1.47. The summed E-state index contributed by atoms with van der Waals surface area (Å²) >= 11 is 0. The van der Waals surface area contributed by atoms with E-state index in [1.807, 2.05) is 0 Å². The first kappa shape index (κ1) is 12.9. The van der Waals surface area contributed by atoms with E-state index in [0.29, 0.717) is 11.8 Å². The molecule has 1 atom stereocenters. The van der Waals surface area contributed by atoms with Gasteiger partial charge in [-0.05, 0) is 50.3 Å². The van der Waals surface area contributed by atoms with Crippen molar-refractivity contribution in [3.05, 3.63) is 35.9 Å². The van der Waals surface area contributed by atoms with E-state index in [1.165, 1.54) is 37.9 Å². The molecule has 0 N–H and O–H groups in total. The van der Waals surface area contributed by atoms with E-state index in [1.54, 1.807) is 0 Å². The van der Waals surface area contributed by atoms with Gasteiger partial charge in [0.25, 0.3) is 0 Å². The van der Waals surface area contributed by atoms with Crippen molar-refractivity contribution in [2.45, 2.75) is 44.6 Å². The maximum Gasteiger partial charge on any atom is 0.134 e. The molecule has 2 fully saturated rings. The van der Waals surface area contributed by atoms with Crippen LogP contribution in [0.4, 0.5) is 0 Å². The second-order valence-corrected chi connectivity index (χ2v) is 6.10. The Hall–Kier alpha value is -1.15. The lowest BCUT2D eigenvalue weighted by molar-refractivity contribution is -0.117. The zero-order chi connectivity index (χ0) is 13.1. The van der Waals surface area contributed by atoms with Crippen LogP contribution in [0.5, 0.6) is 0 Å². The molecule has 2 aliphatic rings. The molecule has 1 aliphatic heterocycles. The summed E-state index contributed by atoms with van der Waals surface area (Å²) < 4.78 is 0. The second-order valence-electron chi connectivity index (χ2n) is 6.10. The molecule has 1 unspecified atom stereocenters. The lowest BCUT2D eigenvalue weighted by atomic mass is 9.89. The number of hydrogen-bond donors (Lipinski definition) is 0. The zero-order valence-electron chi connectivity index (χ0n) is 11.6. The number of carbonyl (C=O) groups is 1. The number of piperidine rings is 1. The van der Waals surface area contributed by atoms with Gasteiger partial charge in [0.05, 0.1) is 0 Å². The number of carbonyl (C=O) groups excluding carboxylic acids is 1. The van der Waals surface area contributed by atoms with Gasteiger partial charge in [0.1, 0.15) is 5.78 Å². The van der Waals surface area contributed by atoms with Gasteiger partial charge in [-0.2, -0.15) is 0 Å². The minimum atomic E-state index is 0.469. The molecular formula is C17H23NO. The lowest BCUT2D eigenvalue weighted by Gasteiger charge is -2.35. The van der Waals surface area contributed by atoms with Gasteiger partial charge in [0.15, 0.2) is 0 Å². The van der Waals surface area contributed by atoms with Crippen molar-refractivity contribution in [1.29, 1.82) is 0 Å². The Morgan fingerprint density at radius 3 is 2.42 bits per heavy atom. The van der Waals surface area contributed by atoms with Crippen molar-refractivity contribution in [3.8, 4) is 0 Å². The van der Waals surface area contributed by atoms with Gasteiger partial charge in [-0.25, -0.2) is 0 Å². The highest BCUT2D eigenvalue weighted by Gasteiger charge is 2.30. The minimum Gasteiger partial charge on any atom is -0.300 e. The van der Waals surface area contributed by atoms with Gasteiger partial charge in [0, 0.05) is 18.9 Å². The van der Waals surface area contributed by atoms with Crippen LogP contribution in [0.1, 0.15) is 37.7 Å². The SMILES string of the molecule is O=C1CCC(N2CCC(Cc3ccccc3)CC2)C1. The molecule has 1 aliphatic carbocycles. The van der Waals surface area contributed by atoms with Crippen molar-refractivity contribution in [2.75, 3.05) is 13.1 Å². The summed E-state index contributed by atoms with van der Waals surface area (Å²) in [5, 5.41) is 0. The van der Waals surface area contributed by atoms with E-state index in [2.05, 4.69) is 35.2 Å². The van der Waals surface area contributed by atoms with E-state index in [4.69, 9.17) is 0 Å². The summed E-state index contributed by atoms with van der Waals surface area (Å²) in [5.74, 6) is 1.30. The van der Waals surface area contributed by atoms with Gasteiger partial charge in [0.2, 0.25) is 0 Å². The Kier molecular flexibility index (Phi) is 3.97. The average molecular weight is 257 g/mol. The number of hydrogen-bond acceptors (Lipinski definition) is 2. The Morgan fingerprint density at radius 1 is 1.05 bits per heavy atom. The second kappa shape index (κ2) is 5.87. The summed E-state index contributed by atoms with van der Waals surface area (Å²) in [7, 11) is 0. The monoisotopic (exact) mass is 257 g/mol. The van der Waals surface area contributed by atoms with Crippen LogP contribution in [-0.4, -0.2) is 29.8 Å². The van der Waals surface area contributed by atoms with Crippen molar-refractivity contribution in [2.24, 2.45) is 5.92 Å². The molecule has 1 aromatic rings. The molecule has 0 bridgehead atoms. The number of nitrogens with zero attached hydrogens (tertiary/aromatic N) is 1. The molecule has 2 heteroatoms. The highest BCUT2D eigenvalue weighted by atomic mass is 16.1. The van der Waals surface area contributed by atoms with Crippen LogP contribution in [0, 0.1) is 5.92 Å². The predicted molar refractivity (Wildman–Crippen MR) is 77.1 cm³/mol. The molecule has 102 valence electrons. The van der Waals surface area contributed by atoms with Gasteiger partial charge < -0.3 is 0 Å². The number of benzene rings is 1. The van der Waals surface area contributed by atoms with Gasteiger partial charge in [-0.3, -0.25) is 9.69 Å². The van der Waals surface area contributed by atoms with E-state index in [-0.39, 0.29) is 0 Å². The third kappa shape index (κ3) is 3.24. The molecule has 0 spiro atoms. The lowest BCUT2D eigenvalue weighted by Crippen LogP contribution is -2.40. The van der Waals surface area contributed by atoms with Crippen LogP contribution in [0.3, 0.4) is 0 Å². The molecule has 2 nitrogen and oxygen atoms in total. The Morgan fingerprint density at radius 2 is 1.79 bits per heavy atom. The summed E-state index contributed by atoms with van der Waals surface area (Å²) in [6.45, 7) is 2.38. The standard InChI is InChI=1S/C17H23NO/c19-17-7-6-16(13-17)18-10-8-15(9-11-18)12-14-4-2-1-3-5-14/h1-5,15-16H,6-13H2. The van der Waals surface area contributed by atoms with Crippen LogP contribution in [0.15, 0.2) is 30.3 Å². The molecule has 0 amide bonds. The molecule has 1 heterocycles. The van der Waals surface area contributed by atoms with Crippen molar-refractivity contribution >= 4 is 5.78 Å². The summed E-state index contributed by atoms with van der Waals surface area (Å²) in [4.78, 5) is 13.9. The Labute approximate surface area is 115 Å². The first-order chi connectivity index (χ1) is 9.31. The van der Waals surface area contributed by atoms with Gasteiger partial charge in [-0.15, -0.1) is 0 Å². The Balaban J connectivity index is 1.48. The highest BCUT2D eigenvalue weighted by Crippen LogP contribution is 2.27. The molecule has 0 aromatic heterocycles. The summed E-state index contributed by atoms with van der Waals surface area (Å²) in [6.07, 6.45) is 6.53. The molecule has 1 saturated carbocycles. The van der Waals surface area contributed by atoms with Crippen molar-refractivity contribution < 1.29 is 4.79 Å². The first-order valence-corrected chi connectivity index (χ1v) is 7.61. The fourth-order valence-corrected chi connectivity index (χ4v) is 3.58. The van der Waals surface area contributed by atoms with E-state index in [9.17, 15) is 4.79 Å². The van der Waals surface area contributed by atoms with Crippen LogP contribution in [0.2, 0.25) is 0 Å². The minimum absolute atomic E-state index is 0.469. The van der Waals surface area contributed by atoms with Gasteiger partial charge >= 0.3 is 0 Å². The third-order valence-corrected chi connectivity index (χ3v) is 4.75. The average Bonchev–Trinajstić information content (AvgIpc) is 2.87. The quantitative estimate of drug-likeness (QED) is 0.829. The maximum atomic E-state index is 11.4. The van der Waals surface area contributed by atoms with E-state index >= 15 is 0 Å². The zero-order valence-corrected chi connectivity index (χ0v) is 11.6. The van der Waals surface area contributed by atoms with Crippen LogP contribution in [-0.2, 0) is 11.2 Å². The maximum absolute atomic E-state index is 11.4. The molecule has 1 saturated heterocycles. The topological polar surface area (TPSA) is 20.3 Å². The van der Waals surface area contributed by atoms with Crippen molar-refractivity contribution in [1.82, 2.24) is 4.90 Å². The number of likely N-dealkylation sites (tertiary alicyclic amines) is 1. The number of rotatable bonds is 3. The fraction of sp³-hybridized carbons (Fsp3) is 0.588. The predicted octanol–water partition coefficient (Wildman–Crippen LogP) is 3.06. The summed E-state index contributed by atoms with van der Waals surface area (Å²) in [6, 6.07) is 11.4. The van der Waals surface area contributed by atoms with E-state index < -0.39 is 0 Å². The number of ketones is 1. The fourth-order valence-electron chi connectivity index (χ4n) is 3.58. The molecule has 1 aromatic carbocycles. The number of Topliss-reactive ketones (excluding diaryl/α,β-unsaturated/α-hetero) is 1. The molecule has 19 heavy (non-hydrogen) atoms.